The van der Waals surface area contributed by atoms with Crippen molar-refractivity contribution in [2.45, 2.75) is 6.42 Å². The zero-order valence-electron chi connectivity index (χ0n) is 16.8. The summed E-state index contributed by atoms with van der Waals surface area (Å²) in [7, 11) is 6.14. The molecule has 0 heterocycles. The molecule has 0 fully saturated rings. The zero-order chi connectivity index (χ0) is 21.0. The van der Waals surface area contributed by atoms with Crippen molar-refractivity contribution in [3.8, 4) is 23.0 Å². The van der Waals surface area contributed by atoms with Crippen LogP contribution in [0.4, 0.5) is 0 Å². The number of rotatable bonds is 8. The number of allylic oxidation sites excluding steroid dienone is 2. The van der Waals surface area contributed by atoms with Crippen molar-refractivity contribution in [1.82, 2.24) is 5.32 Å². The zero-order valence-corrected chi connectivity index (χ0v) is 16.8. The standard InChI is InChI=1S/C22H23NO6/c1-26-17-7-5-6-14-19(17)16(24)12-15(20(14)25)23-11-10-13-8-9-18(27-2)22(29-4)21(13)28-3/h5-9,12,23H,10-11H2,1-4H3. The maximum absolute atomic E-state index is 12.8. The summed E-state index contributed by atoms with van der Waals surface area (Å²) in [6, 6.07) is 8.67. The van der Waals surface area contributed by atoms with Gasteiger partial charge in [-0.05, 0) is 24.6 Å². The molecule has 0 saturated heterocycles. The maximum Gasteiger partial charge on any atom is 0.209 e. The van der Waals surface area contributed by atoms with Crippen molar-refractivity contribution < 1.29 is 28.5 Å². The van der Waals surface area contributed by atoms with Gasteiger partial charge in [-0.25, -0.2) is 0 Å². The SMILES string of the molecule is COc1ccc(CCNC2=CC(=O)c3c(OC)cccc3C2=O)c(OC)c1OC. The first-order chi connectivity index (χ1) is 14.0. The lowest BCUT2D eigenvalue weighted by Gasteiger charge is -2.19. The van der Waals surface area contributed by atoms with Crippen LogP contribution in [0.3, 0.4) is 0 Å². The number of nitrogens with one attached hydrogen (secondary N) is 1. The molecule has 0 atom stereocenters. The van der Waals surface area contributed by atoms with E-state index in [1.54, 1.807) is 45.6 Å². The van der Waals surface area contributed by atoms with E-state index in [0.29, 0.717) is 47.1 Å². The molecule has 1 aliphatic rings. The van der Waals surface area contributed by atoms with Gasteiger partial charge in [0.1, 0.15) is 5.75 Å². The molecule has 0 radical (unpaired) electrons. The normalized spacial score (nSPS) is 12.8. The second-order valence-electron chi connectivity index (χ2n) is 6.30. The largest absolute Gasteiger partial charge is 0.496 e. The molecule has 152 valence electrons. The molecule has 0 spiro atoms. The molecule has 2 aromatic carbocycles. The second-order valence-corrected chi connectivity index (χ2v) is 6.30. The summed E-state index contributed by atoms with van der Waals surface area (Å²) >= 11 is 0. The van der Waals surface area contributed by atoms with Crippen LogP contribution < -0.4 is 24.3 Å². The van der Waals surface area contributed by atoms with Crippen molar-refractivity contribution in [3.05, 3.63) is 58.8 Å². The lowest BCUT2D eigenvalue weighted by Crippen LogP contribution is -2.28. The fourth-order valence-corrected chi connectivity index (χ4v) is 3.38. The quantitative estimate of drug-likeness (QED) is 0.733. The molecule has 29 heavy (non-hydrogen) atoms. The van der Waals surface area contributed by atoms with Gasteiger partial charge in [0.15, 0.2) is 17.3 Å². The summed E-state index contributed by atoms with van der Waals surface area (Å²) in [4.78, 5) is 25.3. The highest BCUT2D eigenvalue weighted by molar-refractivity contribution is 6.25. The number of carbonyl (C=O) groups excluding carboxylic acids is 2. The molecule has 0 aliphatic heterocycles. The van der Waals surface area contributed by atoms with Gasteiger partial charge in [0.2, 0.25) is 11.5 Å². The minimum Gasteiger partial charge on any atom is -0.496 e. The van der Waals surface area contributed by atoms with Crippen molar-refractivity contribution in [2.24, 2.45) is 0 Å². The Kier molecular flexibility index (Phi) is 6.07. The first-order valence-corrected chi connectivity index (χ1v) is 9.05. The maximum atomic E-state index is 12.8. The number of methoxy groups -OCH3 is 4. The molecule has 3 rings (SSSR count). The van der Waals surface area contributed by atoms with Gasteiger partial charge in [-0.15, -0.1) is 0 Å². The van der Waals surface area contributed by atoms with Gasteiger partial charge in [0.25, 0.3) is 0 Å². The Labute approximate surface area is 169 Å². The predicted molar refractivity (Wildman–Crippen MR) is 108 cm³/mol. The molecule has 7 nitrogen and oxygen atoms in total. The molecule has 1 aliphatic carbocycles. The number of hydrogen-bond acceptors (Lipinski definition) is 7. The minimum absolute atomic E-state index is 0.238. The van der Waals surface area contributed by atoms with Gasteiger partial charge < -0.3 is 24.3 Å². The lowest BCUT2D eigenvalue weighted by atomic mass is 9.91. The van der Waals surface area contributed by atoms with Gasteiger partial charge in [-0.3, -0.25) is 9.59 Å². The highest BCUT2D eigenvalue weighted by Crippen LogP contribution is 2.39. The Balaban J connectivity index is 1.77. The van der Waals surface area contributed by atoms with E-state index in [-0.39, 0.29) is 17.3 Å². The van der Waals surface area contributed by atoms with E-state index in [1.165, 1.54) is 13.2 Å². The number of benzene rings is 2. The Bertz CT molecular complexity index is 980. The van der Waals surface area contributed by atoms with Crippen molar-refractivity contribution >= 4 is 11.6 Å². The third-order valence-electron chi connectivity index (χ3n) is 4.75. The molecular weight excluding hydrogens is 374 g/mol. The van der Waals surface area contributed by atoms with Gasteiger partial charge >= 0.3 is 0 Å². The van der Waals surface area contributed by atoms with Crippen LogP contribution in [0, 0.1) is 0 Å². The average molecular weight is 397 g/mol. The summed E-state index contributed by atoms with van der Waals surface area (Å²) < 4.78 is 21.4. The molecule has 1 N–H and O–H groups in total. The molecular formula is C22H23NO6. The van der Waals surface area contributed by atoms with E-state index >= 15 is 0 Å². The van der Waals surface area contributed by atoms with Gasteiger partial charge in [0, 0.05) is 23.7 Å². The Morgan fingerprint density at radius 3 is 2.21 bits per heavy atom. The van der Waals surface area contributed by atoms with E-state index in [1.807, 2.05) is 6.07 Å². The van der Waals surface area contributed by atoms with Crippen LogP contribution in [-0.2, 0) is 6.42 Å². The molecule has 0 saturated carbocycles. The van der Waals surface area contributed by atoms with E-state index in [9.17, 15) is 9.59 Å². The number of ketones is 2. The number of Topliss-reactive ketones (excluding diaryl/α,β-unsaturated/α-hetero) is 1. The molecule has 7 heteroatoms. The molecule has 0 bridgehead atoms. The van der Waals surface area contributed by atoms with Crippen LogP contribution in [0.25, 0.3) is 0 Å². The van der Waals surface area contributed by atoms with Crippen molar-refractivity contribution in [2.75, 3.05) is 35.0 Å². The van der Waals surface area contributed by atoms with Crippen LogP contribution >= 0.6 is 0 Å². The lowest BCUT2D eigenvalue weighted by molar-refractivity contribution is 0.0976. The van der Waals surface area contributed by atoms with E-state index in [4.69, 9.17) is 18.9 Å². The topological polar surface area (TPSA) is 83.1 Å². The third-order valence-corrected chi connectivity index (χ3v) is 4.75. The minimum atomic E-state index is -0.261. The van der Waals surface area contributed by atoms with E-state index in [2.05, 4.69) is 5.32 Å². The summed E-state index contributed by atoms with van der Waals surface area (Å²) in [6.45, 7) is 0.427. The molecule has 0 aromatic heterocycles. The first-order valence-electron chi connectivity index (χ1n) is 9.05. The predicted octanol–water partition coefficient (Wildman–Crippen LogP) is 2.82. The number of ether oxygens (including phenoxy) is 4. The van der Waals surface area contributed by atoms with E-state index < -0.39 is 0 Å². The highest BCUT2D eigenvalue weighted by Gasteiger charge is 2.28. The Hall–Kier alpha value is -3.48. The second kappa shape index (κ2) is 8.68. The monoisotopic (exact) mass is 397 g/mol. The summed E-state index contributed by atoms with van der Waals surface area (Å²) in [5.74, 6) is 1.55. The van der Waals surface area contributed by atoms with Crippen LogP contribution in [0.2, 0.25) is 0 Å². The fraction of sp³-hybridized carbons (Fsp3) is 0.273. The fourth-order valence-electron chi connectivity index (χ4n) is 3.38. The van der Waals surface area contributed by atoms with Gasteiger partial charge in [-0.1, -0.05) is 12.1 Å². The third kappa shape index (κ3) is 3.76. The number of fused-ring (bicyclic) bond motifs is 1. The van der Waals surface area contributed by atoms with Crippen LogP contribution in [0.5, 0.6) is 23.0 Å². The first kappa shape index (κ1) is 20.3. The molecule has 0 unspecified atom stereocenters. The van der Waals surface area contributed by atoms with Crippen LogP contribution in [0.1, 0.15) is 26.3 Å². The summed E-state index contributed by atoms with van der Waals surface area (Å²) in [5, 5.41) is 3.07. The smallest absolute Gasteiger partial charge is 0.209 e. The summed E-state index contributed by atoms with van der Waals surface area (Å²) in [5.41, 5.74) is 1.78. The average Bonchev–Trinajstić information content (AvgIpc) is 2.75. The van der Waals surface area contributed by atoms with E-state index in [0.717, 1.165) is 5.56 Å². The van der Waals surface area contributed by atoms with Crippen molar-refractivity contribution in [1.29, 1.82) is 0 Å². The number of hydrogen-bond donors (Lipinski definition) is 1. The van der Waals surface area contributed by atoms with Gasteiger partial charge in [0.05, 0.1) is 39.7 Å². The van der Waals surface area contributed by atoms with Crippen LogP contribution in [0.15, 0.2) is 42.1 Å². The van der Waals surface area contributed by atoms with Crippen LogP contribution in [-0.4, -0.2) is 46.6 Å². The number of carbonyl (C=O) groups is 2. The molecule has 0 amide bonds. The Morgan fingerprint density at radius 1 is 0.828 bits per heavy atom. The highest BCUT2D eigenvalue weighted by atomic mass is 16.5. The molecule has 2 aromatic rings. The van der Waals surface area contributed by atoms with Crippen molar-refractivity contribution in [3.63, 3.8) is 0 Å². The summed E-state index contributed by atoms with van der Waals surface area (Å²) in [6.07, 6.45) is 1.87. The Morgan fingerprint density at radius 2 is 1.55 bits per heavy atom. The van der Waals surface area contributed by atoms with Gasteiger partial charge in [-0.2, -0.15) is 0 Å².